The lowest BCUT2D eigenvalue weighted by Gasteiger charge is -2.45. The number of aryl methyl sites for hydroxylation is 1. The first-order valence-electron chi connectivity index (χ1n) is 10.1. The molecule has 156 valence electrons. The largest absolute Gasteiger partial charge is 0.417 e. The zero-order valence-corrected chi connectivity index (χ0v) is 16.7. The summed E-state index contributed by atoms with van der Waals surface area (Å²) < 4.78 is 42.7. The predicted molar refractivity (Wildman–Crippen MR) is 105 cm³/mol. The van der Waals surface area contributed by atoms with Gasteiger partial charge in [0, 0.05) is 11.6 Å². The molecule has 0 amide bonds. The number of fused-ring (bicyclic) bond motifs is 3. The molecule has 0 bridgehead atoms. The fourth-order valence-electron chi connectivity index (χ4n) is 4.41. The fourth-order valence-corrected chi connectivity index (χ4v) is 4.41. The third-order valence-electron chi connectivity index (χ3n) is 6.05. The van der Waals surface area contributed by atoms with Crippen molar-refractivity contribution in [2.45, 2.75) is 57.8 Å². The summed E-state index contributed by atoms with van der Waals surface area (Å²) in [4.78, 5) is 11.3. The van der Waals surface area contributed by atoms with Gasteiger partial charge in [0.25, 0.3) is 0 Å². The van der Waals surface area contributed by atoms with E-state index in [4.69, 9.17) is 4.98 Å². The summed E-state index contributed by atoms with van der Waals surface area (Å²) in [6, 6.07) is 5.72. The van der Waals surface area contributed by atoms with Crippen LogP contribution in [0.5, 0.6) is 0 Å². The Hall–Kier alpha value is -2.97. The predicted octanol–water partition coefficient (Wildman–Crippen LogP) is 4.88. The minimum absolute atomic E-state index is 0.0133. The highest BCUT2D eigenvalue weighted by Gasteiger charge is 2.41. The Morgan fingerprint density at radius 2 is 1.90 bits per heavy atom. The molecule has 1 saturated carbocycles. The fraction of sp³-hybridized carbons (Fsp3) is 0.429. The molecule has 2 aliphatic rings. The van der Waals surface area contributed by atoms with Crippen molar-refractivity contribution in [3.05, 3.63) is 47.7 Å². The number of alkyl halides is 3. The SMILES string of the molecule is CC[C@@H]1c2nnc(C)n2-c2cnc(-c3ccccc3C(F)(F)F)nc2N1C1CCC1. The van der Waals surface area contributed by atoms with E-state index >= 15 is 0 Å². The molecule has 0 saturated heterocycles. The molecule has 1 aromatic carbocycles. The number of halogens is 3. The van der Waals surface area contributed by atoms with Crippen molar-refractivity contribution in [2.24, 2.45) is 0 Å². The minimum Gasteiger partial charge on any atom is -0.342 e. The first kappa shape index (κ1) is 19.0. The van der Waals surface area contributed by atoms with E-state index in [9.17, 15) is 13.2 Å². The number of rotatable bonds is 3. The first-order chi connectivity index (χ1) is 14.4. The van der Waals surface area contributed by atoms with E-state index < -0.39 is 11.7 Å². The molecule has 1 fully saturated rings. The van der Waals surface area contributed by atoms with Crippen LogP contribution in [-0.4, -0.2) is 30.8 Å². The summed E-state index contributed by atoms with van der Waals surface area (Å²) in [7, 11) is 0. The highest BCUT2D eigenvalue weighted by molar-refractivity contribution is 5.69. The quantitative estimate of drug-likeness (QED) is 0.612. The lowest BCUT2D eigenvalue weighted by atomic mass is 9.89. The Bertz CT molecular complexity index is 1100. The Labute approximate surface area is 171 Å². The van der Waals surface area contributed by atoms with Crippen LogP contribution in [0, 0.1) is 6.92 Å². The number of hydrogen-bond acceptors (Lipinski definition) is 5. The van der Waals surface area contributed by atoms with Crippen LogP contribution in [0.1, 0.15) is 55.9 Å². The van der Waals surface area contributed by atoms with Gasteiger partial charge in [-0.25, -0.2) is 9.97 Å². The van der Waals surface area contributed by atoms with Gasteiger partial charge in [-0.1, -0.05) is 25.1 Å². The van der Waals surface area contributed by atoms with E-state index in [-0.39, 0.29) is 17.4 Å². The Balaban J connectivity index is 1.72. The Morgan fingerprint density at radius 1 is 1.13 bits per heavy atom. The van der Waals surface area contributed by atoms with Crippen molar-refractivity contribution in [2.75, 3.05) is 4.90 Å². The second kappa shape index (κ2) is 6.78. The van der Waals surface area contributed by atoms with Gasteiger partial charge in [-0.05, 0) is 38.7 Å². The van der Waals surface area contributed by atoms with Gasteiger partial charge in [-0.2, -0.15) is 13.2 Å². The van der Waals surface area contributed by atoms with E-state index in [0.29, 0.717) is 17.7 Å². The van der Waals surface area contributed by atoms with Crippen LogP contribution in [0.2, 0.25) is 0 Å². The Morgan fingerprint density at radius 3 is 2.57 bits per heavy atom. The minimum atomic E-state index is -4.48. The molecule has 3 aromatic rings. The molecular formula is C21H21F3N6. The number of anilines is 1. The van der Waals surface area contributed by atoms with Crippen LogP contribution in [0.15, 0.2) is 30.5 Å². The molecule has 3 heterocycles. The third kappa shape index (κ3) is 2.79. The second-order valence-corrected chi connectivity index (χ2v) is 7.80. The molecule has 0 spiro atoms. The molecule has 0 unspecified atom stereocenters. The zero-order valence-electron chi connectivity index (χ0n) is 16.7. The maximum absolute atomic E-state index is 13.6. The Kier molecular flexibility index (Phi) is 4.30. The van der Waals surface area contributed by atoms with Crippen LogP contribution in [0.25, 0.3) is 17.1 Å². The van der Waals surface area contributed by atoms with Gasteiger partial charge in [-0.15, -0.1) is 10.2 Å². The standard InChI is InChI=1S/C21H21F3N6/c1-3-16-20-28-27-12(2)29(20)17-11-25-18(26-19(17)30(16)13-7-6-8-13)14-9-4-5-10-15(14)21(22,23)24/h4-5,9-11,13,16H,3,6-8H2,1-2H3/t16-/m1/s1. The summed E-state index contributed by atoms with van der Waals surface area (Å²) in [5, 5.41) is 8.63. The third-order valence-corrected chi connectivity index (χ3v) is 6.05. The summed E-state index contributed by atoms with van der Waals surface area (Å²) in [5.74, 6) is 2.28. The van der Waals surface area contributed by atoms with E-state index in [1.807, 2.05) is 11.5 Å². The normalized spacial score (nSPS) is 18.7. The van der Waals surface area contributed by atoms with Crippen LogP contribution in [0.4, 0.5) is 19.0 Å². The van der Waals surface area contributed by atoms with Gasteiger partial charge in [0.15, 0.2) is 17.5 Å². The highest BCUT2D eigenvalue weighted by atomic mass is 19.4. The van der Waals surface area contributed by atoms with Crippen molar-refractivity contribution < 1.29 is 13.2 Å². The topological polar surface area (TPSA) is 59.7 Å². The van der Waals surface area contributed by atoms with Crippen LogP contribution >= 0.6 is 0 Å². The molecule has 0 radical (unpaired) electrons. The maximum atomic E-state index is 13.6. The average molecular weight is 414 g/mol. The van der Waals surface area contributed by atoms with Crippen molar-refractivity contribution in [1.29, 1.82) is 0 Å². The average Bonchev–Trinajstić information content (AvgIpc) is 3.07. The van der Waals surface area contributed by atoms with Crippen LogP contribution in [0.3, 0.4) is 0 Å². The van der Waals surface area contributed by atoms with Crippen LogP contribution in [-0.2, 0) is 6.18 Å². The smallest absolute Gasteiger partial charge is 0.342 e. The van der Waals surface area contributed by atoms with E-state index in [1.54, 1.807) is 12.3 Å². The summed E-state index contributed by atoms with van der Waals surface area (Å²) in [5.41, 5.74) is -0.0258. The lowest BCUT2D eigenvalue weighted by molar-refractivity contribution is -0.137. The zero-order chi connectivity index (χ0) is 21.0. The summed E-state index contributed by atoms with van der Waals surface area (Å²) in [6.45, 7) is 3.94. The number of aromatic nitrogens is 5. The van der Waals surface area contributed by atoms with Crippen molar-refractivity contribution in [3.8, 4) is 17.1 Å². The number of hydrogen-bond donors (Lipinski definition) is 0. The molecule has 2 aromatic heterocycles. The maximum Gasteiger partial charge on any atom is 0.417 e. The number of nitrogens with zero attached hydrogens (tertiary/aromatic N) is 6. The second-order valence-electron chi connectivity index (χ2n) is 7.80. The van der Waals surface area contributed by atoms with Gasteiger partial charge in [0.2, 0.25) is 0 Å². The molecule has 9 heteroatoms. The van der Waals surface area contributed by atoms with Crippen molar-refractivity contribution >= 4 is 5.82 Å². The summed E-state index contributed by atoms with van der Waals surface area (Å²) >= 11 is 0. The van der Waals surface area contributed by atoms with Gasteiger partial charge < -0.3 is 4.90 Å². The lowest BCUT2D eigenvalue weighted by Crippen LogP contribution is -2.46. The number of benzene rings is 1. The molecule has 1 aliphatic heterocycles. The molecule has 0 N–H and O–H groups in total. The van der Waals surface area contributed by atoms with Crippen LogP contribution < -0.4 is 4.90 Å². The molecule has 1 aliphatic carbocycles. The molecular weight excluding hydrogens is 393 g/mol. The van der Waals surface area contributed by atoms with Crippen molar-refractivity contribution in [3.63, 3.8) is 0 Å². The van der Waals surface area contributed by atoms with Gasteiger partial charge in [-0.3, -0.25) is 4.57 Å². The molecule has 6 nitrogen and oxygen atoms in total. The molecule has 1 atom stereocenters. The molecule has 30 heavy (non-hydrogen) atoms. The van der Waals surface area contributed by atoms with E-state index in [1.165, 1.54) is 12.1 Å². The monoisotopic (exact) mass is 414 g/mol. The molecule has 5 rings (SSSR count). The first-order valence-corrected chi connectivity index (χ1v) is 10.1. The van der Waals surface area contributed by atoms with E-state index in [0.717, 1.165) is 43.3 Å². The van der Waals surface area contributed by atoms with E-state index in [2.05, 4.69) is 27.0 Å². The van der Waals surface area contributed by atoms with Gasteiger partial charge in [0.1, 0.15) is 11.5 Å². The van der Waals surface area contributed by atoms with Crippen molar-refractivity contribution in [1.82, 2.24) is 24.7 Å². The van der Waals surface area contributed by atoms with Gasteiger partial charge in [0.05, 0.1) is 17.8 Å². The highest BCUT2D eigenvalue weighted by Crippen LogP contribution is 2.45. The van der Waals surface area contributed by atoms with Gasteiger partial charge >= 0.3 is 6.18 Å². The summed E-state index contributed by atoms with van der Waals surface area (Å²) in [6.07, 6.45) is 1.11.